The lowest BCUT2D eigenvalue weighted by atomic mass is 10.1. The van der Waals surface area contributed by atoms with Gasteiger partial charge in [0.05, 0.1) is 9.83 Å². The fourth-order valence-corrected chi connectivity index (χ4v) is 4.13. The van der Waals surface area contributed by atoms with Crippen molar-refractivity contribution in [3.05, 3.63) is 20.8 Å². The molecule has 3 heterocycles. The Bertz CT molecular complexity index is 444. The molecule has 3 rings (SSSR count). The highest BCUT2D eigenvalue weighted by molar-refractivity contribution is 9.11. The standard InChI is InChI=1S/C12H16BrN3OS/c13-11-2-1-10(18-11)9-7-16(12(17)15-9)8-3-5-14-6-4-8/h1-2,8-9,14H,3-7H2,(H,15,17). The predicted octanol–water partition coefficient (Wildman–Crippen LogP) is 2.33. The number of piperidine rings is 1. The number of hydrogen-bond donors (Lipinski definition) is 2. The highest BCUT2D eigenvalue weighted by atomic mass is 79.9. The van der Waals surface area contributed by atoms with Crippen molar-refractivity contribution in [2.24, 2.45) is 0 Å². The van der Waals surface area contributed by atoms with Crippen molar-refractivity contribution < 1.29 is 4.79 Å². The van der Waals surface area contributed by atoms with Crippen LogP contribution in [-0.2, 0) is 0 Å². The Morgan fingerprint density at radius 1 is 1.33 bits per heavy atom. The second-order valence-corrected chi connectivity index (χ2v) is 7.27. The summed E-state index contributed by atoms with van der Waals surface area (Å²) in [5.41, 5.74) is 0. The van der Waals surface area contributed by atoms with E-state index >= 15 is 0 Å². The van der Waals surface area contributed by atoms with Gasteiger partial charge in [0.2, 0.25) is 0 Å². The Hall–Kier alpha value is -0.590. The Kier molecular flexibility index (Phi) is 3.59. The largest absolute Gasteiger partial charge is 0.329 e. The van der Waals surface area contributed by atoms with Crippen molar-refractivity contribution in [3.8, 4) is 0 Å². The quantitative estimate of drug-likeness (QED) is 0.874. The van der Waals surface area contributed by atoms with Gasteiger partial charge in [-0.2, -0.15) is 0 Å². The summed E-state index contributed by atoms with van der Waals surface area (Å²) in [7, 11) is 0. The Morgan fingerprint density at radius 2 is 2.11 bits per heavy atom. The van der Waals surface area contributed by atoms with Gasteiger partial charge in [-0.1, -0.05) is 0 Å². The van der Waals surface area contributed by atoms with Crippen LogP contribution in [0.15, 0.2) is 15.9 Å². The molecule has 2 aliphatic rings. The molecule has 0 spiro atoms. The van der Waals surface area contributed by atoms with Crippen molar-refractivity contribution >= 4 is 33.3 Å². The topological polar surface area (TPSA) is 44.4 Å². The van der Waals surface area contributed by atoms with E-state index in [9.17, 15) is 4.79 Å². The van der Waals surface area contributed by atoms with Crippen LogP contribution in [0, 0.1) is 0 Å². The van der Waals surface area contributed by atoms with Gasteiger partial charge in [0.15, 0.2) is 0 Å². The summed E-state index contributed by atoms with van der Waals surface area (Å²) in [4.78, 5) is 15.3. The Labute approximate surface area is 119 Å². The predicted molar refractivity (Wildman–Crippen MR) is 75.9 cm³/mol. The van der Waals surface area contributed by atoms with E-state index in [0.717, 1.165) is 36.3 Å². The zero-order valence-corrected chi connectivity index (χ0v) is 12.4. The zero-order chi connectivity index (χ0) is 12.5. The van der Waals surface area contributed by atoms with Gasteiger partial charge < -0.3 is 15.5 Å². The van der Waals surface area contributed by atoms with Crippen molar-refractivity contribution in [3.63, 3.8) is 0 Å². The number of urea groups is 1. The van der Waals surface area contributed by atoms with E-state index in [1.165, 1.54) is 4.88 Å². The molecule has 0 aliphatic carbocycles. The first-order valence-corrected chi connectivity index (χ1v) is 7.88. The van der Waals surface area contributed by atoms with Gasteiger partial charge in [-0.3, -0.25) is 0 Å². The minimum Gasteiger partial charge on any atom is -0.329 e. The van der Waals surface area contributed by atoms with E-state index in [-0.39, 0.29) is 12.1 Å². The zero-order valence-electron chi connectivity index (χ0n) is 9.99. The van der Waals surface area contributed by atoms with Crippen LogP contribution in [-0.4, -0.2) is 36.6 Å². The molecule has 4 nitrogen and oxygen atoms in total. The molecule has 0 aromatic carbocycles. The van der Waals surface area contributed by atoms with E-state index in [2.05, 4.69) is 32.6 Å². The summed E-state index contributed by atoms with van der Waals surface area (Å²) < 4.78 is 1.12. The van der Waals surface area contributed by atoms with Crippen molar-refractivity contribution in [2.45, 2.75) is 24.9 Å². The summed E-state index contributed by atoms with van der Waals surface area (Å²) in [6, 6.07) is 4.78. The first-order valence-electron chi connectivity index (χ1n) is 6.27. The molecule has 0 bridgehead atoms. The molecular weight excluding hydrogens is 314 g/mol. The van der Waals surface area contributed by atoms with Crippen LogP contribution in [0.3, 0.4) is 0 Å². The van der Waals surface area contributed by atoms with E-state index in [0.29, 0.717) is 6.04 Å². The van der Waals surface area contributed by atoms with Gasteiger partial charge in [0.25, 0.3) is 0 Å². The van der Waals surface area contributed by atoms with Crippen LogP contribution < -0.4 is 10.6 Å². The molecule has 0 radical (unpaired) electrons. The highest BCUT2D eigenvalue weighted by Gasteiger charge is 2.35. The SMILES string of the molecule is O=C1NC(c2ccc(Br)s2)CN1C1CCNCC1. The van der Waals surface area contributed by atoms with Crippen molar-refractivity contribution in [1.82, 2.24) is 15.5 Å². The monoisotopic (exact) mass is 329 g/mol. The number of nitrogens with zero attached hydrogens (tertiary/aromatic N) is 1. The minimum atomic E-state index is 0.0939. The van der Waals surface area contributed by atoms with Crippen LogP contribution in [0.5, 0.6) is 0 Å². The molecular formula is C12H16BrN3OS. The number of carbonyl (C=O) groups excluding carboxylic acids is 1. The number of thiophene rings is 1. The molecule has 98 valence electrons. The molecule has 1 atom stereocenters. The van der Waals surface area contributed by atoms with Crippen molar-refractivity contribution in [2.75, 3.05) is 19.6 Å². The number of hydrogen-bond acceptors (Lipinski definition) is 3. The van der Waals surface area contributed by atoms with Crippen LogP contribution in [0.25, 0.3) is 0 Å². The van der Waals surface area contributed by atoms with E-state index in [1.54, 1.807) is 11.3 Å². The molecule has 1 aromatic heterocycles. The van der Waals surface area contributed by atoms with Crippen molar-refractivity contribution in [1.29, 1.82) is 0 Å². The van der Waals surface area contributed by atoms with E-state index in [1.807, 2.05) is 11.0 Å². The fraction of sp³-hybridized carbons (Fsp3) is 0.583. The van der Waals surface area contributed by atoms with Crippen LogP contribution in [0.2, 0.25) is 0 Å². The molecule has 6 heteroatoms. The number of amides is 2. The number of rotatable bonds is 2. The third kappa shape index (κ3) is 2.41. The van der Waals surface area contributed by atoms with Gasteiger partial charge in [0, 0.05) is 17.5 Å². The second kappa shape index (κ2) is 5.19. The molecule has 2 aliphatic heterocycles. The first kappa shape index (κ1) is 12.4. The molecule has 1 aromatic rings. The maximum Gasteiger partial charge on any atom is 0.318 e. The van der Waals surface area contributed by atoms with Crippen LogP contribution >= 0.6 is 27.3 Å². The van der Waals surface area contributed by atoms with Gasteiger partial charge in [-0.15, -0.1) is 11.3 Å². The summed E-state index contributed by atoms with van der Waals surface area (Å²) in [5, 5.41) is 6.42. The van der Waals surface area contributed by atoms with Gasteiger partial charge in [-0.05, 0) is 54.0 Å². The Morgan fingerprint density at radius 3 is 2.78 bits per heavy atom. The van der Waals surface area contributed by atoms with Gasteiger partial charge in [-0.25, -0.2) is 4.79 Å². The molecule has 2 saturated heterocycles. The molecule has 2 amide bonds. The summed E-state index contributed by atoms with van der Waals surface area (Å²) in [5.74, 6) is 0. The van der Waals surface area contributed by atoms with E-state index in [4.69, 9.17) is 0 Å². The maximum absolute atomic E-state index is 12.1. The number of halogens is 1. The third-order valence-electron chi connectivity index (χ3n) is 3.62. The van der Waals surface area contributed by atoms with Gasteiger partial charge >= 0.3 is 6.03 Å². The summed E-state index contributed by atoms with van der Waals surface area (Å²) in [6.45, 7) is 2.84. The molecule has 0 saturated carbocycles. The van der Waals surface area contributed by atoms with Gasteiger partial charge in [0.1, 0.15) is 0 Å². The average molecular weight is 330 g/mol. The molecule has 2 fully saturated rings. The molecule has 1 unspecified atom stereocenters. The highest BCUT2D eigenvalue weighted by Crippen LogP contribution is 2.31. The van der Waals surface area contributed by atoms with E-state index < -0.39 is 0 Å². The second-order valence-electron chi connectivity index (χ2n) is 4.78. The summed E-state index contributed by atoms with van der Waals surface area (Å²) in [6.07, 6.45) is 2.13. The fourth-order valence-electron chi connectivity index (χ4n) is 2.67. The third-order valence-corrected chi connectivity index (χ3v) is 5.36. The van der Waals surface area contributed by atoms with Crippen LogP contribution in [0.1, 0.15) is 23.8 Å². The molecule has 2 N–H and O–H groups in total. The number of nitrogens with one attached hydrogen (secondary N) is 2. The smallest absolute Gasteiger partial charge is 0.318 e. The number of carbonyl (C=O) groups is 1. The summed E-state index contributed by atoms with van der Waals surface area (Å²) >= 11 is 5.17. The lowest BCUT2D eigenvalue weighted by Gasteiger charge is -2.30. The lowest BCUT2D eigenvalue weighted by Crippen LogP contribution is -2.44. The van der Waals surface area contributed by atoms with Crippen LogP contribution in [0.4, 0.5) is 4.79 Å². The minimum absolute atomic E-state index is 0.0939. The normalized spacial score (nSPS) is 25.5. The average Bonchev–Trinajstić information content (AvgIpc) is 2.97. The Balaban J connectivity index is 1.69. The lowest BCUT2D eigenvalue weighted by molar-refractivity contribution is 0.182. The first-order chi connectivity index (χ1) is 8.74. The molecule has 18 heavy (non-hydrogen) atoms. The maximum atomic E-state index is 12.1.